The molecule has 1 aliphatic rings. The fourth-order valence-electron chi connectivity index (χ4n) is 4.06. The van der Waals surface area contributed by atoms with Crippen molar-refractivity contribution in [2.75, 3.05) is 13.7 Å². The second-order valence-electron chi connectivity index (χ2n) is 7.95. The third-order valence-corrected chi connectivity index (χ3v) is 5.77. The monoisotopic (exact) mass is 441 g/mol. The number of hydrogen-bond acceptors (Lipinski definition) is 4. The van der Waals surface area contributed by atoms with Gasteiger partial charge >= 0.3 is 0 Å². The van der Waals surface area contributed by atoms with Crippen LogP contribution in [0.15, 0.2) is 91.3 Å². The molecular weight excluding hydrogens is 414 g/mol. The summed E-state index contributed by atoms with van der Waals surface area (Å²) in [5.41, 5.74) is 2.41. The van der Waals surface area contributed by atoms with Crippen LogP contribution in [0.3, 0.4) is 0 Å². The van der Waals surface area contributed by atoms with Gasteiger partial charge in [0.25, 0.3) is 5.91 Å². The van der Waals surface area contributed by atoms with Crippen molar-refractivity contribution in [2.24, 2.45) is 0 Å². The first-order valence-electron chi connectivity index (χ1n) is 11.0. The summed E-state index contributed by atoms with van der Waals surface area (Å²) in [7, 11) is 1.56. The quantitative estimate of drug-likeness (QED) is 0.564. The van der Waals surface area contributed by atoms with Gasteiger partial charge < -0.3 is 15.0 Å². The highest BCUT2D eigenvalue weighted by Crippen LogP contribution is 2.28. The number of carbonyl (C=O) groups is 2. The predicted octanol–water partition coefficient (Wildman–Crippen LogP) is 3.96. The van der Waals surface area contributed by atoms with E-state index in [2.05, 4.69) is 16.4 Å². The van der Waals surface area contributed by atoms with Crippen LogP contribution >= 0.6 is 0 Å². The zero-order valence-corrected chi connectivity index (χ0v) is 18.6. The number of hydrogen-bond donors (Lipinski definition) is 1. The first kappa shape index (κ1) is 22.3. The molecule has 0 saturated heterocycles. The van der Waals surface area contributed by atoms with E-state index in [1.54, 1.807) is 43.8 Å². The SMILES string of the molecule is COc1cccc(C(=O)NC(Cc2ccccc2)C(=O)N2CC=CCC2c2cccnc2)c1. The molecule has 33 heavy (non-hydrogen) atoms. The molecule has 168 valence electrons. The second kappa shape index (κ2) is 10.6. The number of nitrogens with zero attached hydrogens (tertiary/aromatic N) is 2. The minimum Gasteiger partial charge on any atom is -0.497 e. The average Bonchev–Trinajstić information content (AvgIpc) is 2.89. The number of aromatic nitrogens is 1. The Kier molecular flexibility index (Phi) is 7.15. The highest BCUT2D eigenvalue weighted by atomic mass is 16.5. The topological polar surface area (TPSA) is 71.5 Å². The molecule has 6 nitrogen and oxygen atoms in total. The summed E-state index contributed by atoms with van der Waals surface area (Å²) >= 11 is 0. The number of rotatable bonds is 7. The Bertz CT molecular complexity index is 1120. The largest absolute Gasteiger partial charge is 0.497 e. The van der Waals surface area contributed by atoms with Gasteiger partial charge in [-0.1, -0.05) is 54.6 Å². The average molecular weight is 442 g/mol. The van der Waals surface area contributed by atoms with Crippen molar-refractivity contribution in [1.29, 1.82) is 0 Å². The summed E-state index contributed by atoms with van der Waals surface area (Å²) in [6, 6.07) is 19.7. The molecule has 2 unspecified atom stereocenters. The highest BCUT2D eigenvalue weighted by molar-refractivity contribution is 5.98. The maximum absolute atomic E-state index is 13.8. The van der Waals surface area contributed by atoms with Crippen LogP contribution in [0.2, 0.25) is 0 Å². The number of benzene rings is 2. The van der Waals surface area contributed by atoms with Gasteiger partial charge in [0.05, 0.1) is 13.2 Å². The van der Waals surface area contributed by atoms with Crippen LogP contribution in [0, 0.1) is 0 Å². The van der Waals surface area contributed by atoms with E-state index in [1.165, 1.54) is 0 Å². The molecule has 4 rings (SSSR count). The van der Waals surface area contributed by atoms with E-state index >= 15 is 0 Å². The zero-order chi connectivity index (χ0) is 23.0. The van der Waals surface area contributed by atoms with Crippen LogP contribution in [0.25, 0.3) is 0 Å². The van der Waals surface area contributed by atoms with Gasteiger partial charge in [-0.15, -0.1) is 0 Å². The predicted molar refractivity (Wildman–Crippen MR) is 127 cm³/mol. The standard InChI is InChI=1S/C27H27N3O3/c1-33-23-13-7-11-21(18-23)26(31)29-24(17-20-9-3-2-4-10-20)27(32)30-16-6-5-14-25(30)22-12-8-15-28-19-22/h2-13,15,18-19,24-25H,14,16-17H2,1H3,(H,29,31). The van der Waals surface area contributed by atoms with E-state index in [0.29, 0.717) is 30.7 Å². The fourth-order valence-corrected chi connectivity index (χ4v) is 4.06. The molecule has 1 N–H and O–H groups in total. The van der Waals surface area contributed by atoms with Gasteiger partial charge in [-0.3, -0.25) is 14.6 Å². The Morgan fingerprint density at radius 3 is 2.70 bits per heavy atom. The Morgan fingerprint density at radius 2 is 1.94 bits per heavy atom. The summed E-state index contributed by atoms with van der Waals surface area (Å²) in [5.74, 6) is 0.161. The van der Waals surface area contributed by atoms with Gasteiger partial charge in [-0.25, -0.2) is 0 Å². The van der Waals surface area contributed by atoms with E-state index in [0.717, 1.165) is 11.1 Å². The van der Waals surface area contributed by atoms with Crippen molar-refractivity contribution in [1.82, 2.24) is 15.2 Å². The fraction of sp³-hybridized carbons (Fsp3) is 0.222. The lowest BCUT2D eigenvalue weighted by molar-refractivity contribution is -0.135. The first-order chi connectivity index (χ1) is 16.2. The van der Waals surface area contributed by atoms with Crippen LogP contribution in [-0.2, 0) is 11.2 Å². The molecule has 0 saturated carbocycles. The molecule has 1 aliphatic heterocycles. The van der Waals surface area contributed by atoms with Gasteiger partial charge in [0, 0.05) is 30.9 Å². The lowest BCUT2D eigenvalue weighted by atomic mass is 9.97. The van der Waals surface area contributed by atoms with Crippen molar-refractivity contribution in [3.05, 3.63) is 108 Å². The number of amides is 2. The van der Waals surface area contributed by atoms with E-state index in [9.17, 15) is 9.59 Å². The van der Waals surface area contributed by atoms with E-state index in [-0.39, 0.29) is 17.9 Å². The number of carbonyl (C=O) groups excluding carboxylic acids is 2. The number of methoxy groups -OCH3 is 1. The van der Waals surface area contributed by atoms with E-state index in [1.807, 2.05) is 53.4 Å². The van der Waals surface area contributed by atoms with E-state index < -0.39 is 6.04 Å². The van der Waals surface area contributed by atoms with Crippen molar-refractivity contribution in [3.8, 4) is 5.75 Å². The van der Waals surface area contributed by atoms with Crippen molar-refractivity contribution in [2.45, 2.75) is 24.9 Å². The van der Waals surface area contributed by atoms with Crippen molar-refractivity contribution in [3.63, 3.8) is 0 Å². The molecule has 1 aromatic heterocycles. The summed E-state index contributed by atoms with van der Waals surface area (Å²) < 4.78 is 5.24. The highest BCUT2D eigenvalue weighted by Gasteiger charge is 2.32. The third kappa shape index (κ3) is 5.47. The van der Waals surface area contributed by atoms with Gasteiger partial charge in [0.1, 0.15) is 11.8 Å². The molecule has 0 aliphatic carbocycles. The summed E-state index contributed by atoms with van der Waals surface area (Å²) in [4.78, 5) is 33.0. The minimum absolute atomic E-state index is 0.117. The molecule has 0 radical (unpaired) electrons. The van der Waals surface area contributed by atoms with Crippen LogP contribution in [0.5, 0.6) is 5.75 Å². The van der Waals surface area contributed by atoms with Crippen LogP contribution in [0.4, 0.5) is 0 Å². The van der Waals surface area contributed by atoms with Crippen LogP contribution < -0.4 is 10.1 Å². The number of nitrogens with one attached hydrogen (secondary N) is 1. The van der Waals surface area contributed by atoms with E-state index in [4.69, 9.17) is 4.74 Å². The van der Waals surface area contributed by atoms with Crippen LogP contribution in [0.1, 0.15) is 33.9 Å². The minimum atomic E-state index is -0.711. The Hall–Kier alpha value is -3.93. The normalized spacial score (nSPS) is 16.2. The maximum Gasteiger partial charge on any atom is 0.252 e. The van der Waals surface area contributed by atoms with Gasteiger partial charge in [0.2, 0.25) is 5.91 Å². The molecule has 0 spiro atoms. The van der Waals surface area contributed by atoms with Crippen molar-refractivity contribution < 1.29 is 14.3 Å². The molecule has 2 heterocycles. The maximum atomic E-state index is 13.8. The lowest BCUT2D eigenvalue weighted by Crippen LogP contribution is -2.51. The molecule has 2 aromatic carbocycles. The Balaban J connectivity index is 1.61. The Morgan fingerprint density at radius 1 is 1.09 bits per heavy atom. The van der Waals surface area contributed by atoms with Crippen molar-refractivity contribution >= 4 is 11.8 Å². The smallest absolute Gasteiger partial charge is 0.252 e. The summed E-state index contributed by atoms with van der Waals surface area (Å²) in [6.07, 6.45) is 8.71. The summed E-state index contributed by atoms with van der Waals surface area (Å²) in [5, 5.41) is 2.98. The van der Waals surface area contributed by atoms with Crippen LogP contribution in [-0.4, -0.2) is 41.4 Å². The first-order valence-corrected chi connectivity index (χ1v) is 11.0. The molecule has 3 aromatic rings. The molecule has 0 bridgehead atoms. The second-order valence-corrected chi connectivity index (χ2v) is 7.95. The van der Waals surface area contributed by atoms with Gasteiger partial charge in [-0.05, 0) is 41.8 Å². The number of ether oxygens (including phenoxy) is 1. The molecule has 2 amide bonds. The third-order valence-electron chi connectivity index (χ3n) is 5.77. The molecule has 0 fully saturated rings. The van der Waals surface area contributed by atoms with Gasteiger partial charge in [0.15, 0.2) is 0 Å². The molecule has 2 atom stereocenters. The summed E-state index contributed by atoms with van der Waals surface area (Å²) in [6.45, 7) is 0.485. The lowest BCUT2D eigenvalue weighted by Gasteiger charge is -2.36. The van der Waals surface area contributed by atoms with Gasteiger partial charge in [-0.2, -0.15) is 0 Å². The Labute approximate surface area is 193 Å². The zero-order valence-electron chi connectivity index (χ0n) is 18.6. The number of pyridine rings is 1. The molecular formula is C27H27N3O3. The molecule has 6 heteroatoms.